The van der Waals surface area contributed by atoms with Crippen molar-refractivity contribution in [1.82, 2.24) is 5.32 Å². The highest BCUT2D eigenvalue weighted by Gasteiger charge is 2.25. The Balaban J connectivity index is 2.36. The summed E-state index contributed by atoms with van der Waals surface area (Å²) in [5.74, 6) is -1.63. The first kappa shape index (κ1) is 10.7. The molecule has 1 aliphatic rings. The minimum Gasteiger partial charge on any atom is -0.478 e. The van der Waals surface area contributed by atoms with Crippen LogP contribution in [0.2, 0.25) is 0 Å². The summed E-state index contributed by atoms with van der Waals surface area (Å²) in [6.45, 7) is 0. The number of aliphatic hydroxyl groups is 1. The van der Waals surface area contributed by atoms with Gasteiger partial charge in [0.15, 0.2) is 0 Å². The fourth-order valence-corrected chi connectivity index (χ4v) is 1.49. The maximum absolute atomic E-state index is 11.1. The lowest BCUT2D eigenvalue weighted by atomic mass is 10.2. The molecular weight excluding hydrogens is 186 g/mol. The summed E-state index contributed by atoms with van der Waals surface area (Å²) < 4.78 is 0. The van der Waals surface area contributed by atoms with E-state index in [1.54, 1.807) is 0 Å². The molecule has 0 aromatic carbocycles. The third-order valence-electron chi connectivity index (χ3n) is 2.18. The van der Waals surface area contributed by atoms with Gasteiger partial charge in [0, 0.05) is 12.2 Å². The molecule has 1 fully saturated rings. The van der Waals surface area contributed by atoms with Crippen molar-refractivity contribution in [2.45, 2.75) is 31.4 Å². The normalized spacial score (nSPS) is 26.6. The number of rotatable bonds is 3. The fraction of sp³-hybridized carbons (Fsp3) is 0.556. The lowest BCUT2D eigenvalue weighted by Crippen LogP contribution is -2.39. The Morgan fingerprint density at radius 3 is 2.50 bits per heavy atom. The van der Waals surface area contributed by atoms with Gasteiger partial charge in [0.2, 0.25) is 5.91 Å². The Bertz CT molecular complexity index is 262. The van der Waals surface area contributed by atoms with E-state index in [9.17, 15) is 14.7 Å². The van der Waals surface area contributed by atoms with Crippen LogP contribution >= 0.6 is 0 Å². The minimum atomic E-state index is -1.16. The molecule has 3 N–H and O–H groups in total. The minimum absolute atomic E-state index is 0.235. The second kappa shape index (κ2) is 4.76. The predicted octanol–water partition coefficient (Wildman–Crippen LogP) is -0.343. The molecule has 1 amide bonds. The topological polar surface area (TPSA) is 86.6 Å². The number of carbonyl (C=O) groups excluding carboxylic acids is 1. The summed E-state index contributed by atoms with van der Waals surface area (Å²) in [5.41, 5.74) is 0. The molecule has 1 saturated carbocycles. The van der Waals surface area contributed by atoms with E-state index in [1.165, 1.54) is 0 Å². The van der Waals surface area contributed by atoms with E-state index in [0.717, 1.165) is 25.0 Å². The van der Waals surface area contributed by atoms with Crippen LogP contribution in [0.4, 0.5) is 0 Å². The maximum Gasteiger partial charge on any atom is 0.328 e. The molecule has 2 unspecified atom stereocenters. The first-order chi connectivity index (χ1) is 6.59. The molecule has 0 radical (unpaired) electrons. The number of carboxylic acids is 1. The van der Waals surface area contributed by atoms with Crippen molar-refractivity contribution in [3.8, 4) is 0 Å². The molecule has 0 heterocycles. The molecule has 0 aromatic rings. The van der Waals surface area contributed by atoms with Gasteiger partial charge in [0.1, 0.15) is 0 Å². The van der Waals surface area contributed by atoms with Crippen LogP contribution in [0.3, 0.4) is 0 Å². The molecule has 1 aliphatic carbocycles. The number of carbonyl (C=O) groups is 2. The molecule has 1 rings (SSSR count). The van der Waals surface area contributed by atoms with Gasteiger partial charge in [0.25, 0.3) is 0 Å². The Hall–Kier alpha value is -1.36. The van der Waals surface area contributed by atoms with E-state index in [2.05, 4.69) is 5.32 Å². The van der Waals surface area contributed by atoms with Gasteiger partial charge in [0.05, 0.1) is 12.1 Å². The summed E-state index contributed by atoms with van der Waals surface area (Å²) in [5, 5.41) is 20.2. The van der Waals surface area contributed by atoms with Gasteiger partial charge in [-0.1, -0.05) is 0 Å². The first-order valence-electron chi connectivity index (χ1n) is 4.49. The zero-order valence-corrected chi connectivity index (χ0v) is 7.64. The molecule has 0 aliphatic heterocycles. The molecule has 0 aromatic heterocycles. The molecular formula is C9H13NO4. The molecule has 78 valence electrons. The maximum atomic E-state index is 11.1. The number of nitrogens with one attached hydrogen (secondary N) is 1. The highest BCUT2D eigenvalue weighted by Crippen LogP contribution is 2.18. The fourth-order valence-electron chi connectivity index (χ4n) is 1.49. The molecule has 0 spiro atoms. The van der Waals surface area contributed by atoms with E-state index in [-0.39, 0.29) is 6.04 Å². The number of amides is 1. The van der Waals surface area contributed by atoms with Crippen molar-refractivity contribution in [2.24, 2.45) is 0 Å². The second-order valence-electron chi connectivity index (χ2n) is 3.28. The SMILES string of the molecule is O=C(O)/C=C\C(=O)NC1CCCC1O. The van der Waals surface area contributed by atoms with Crippen LogP contribution in [-0.4, -0.2) is 34.2 Å². The second-order valence-corrected chi connectivity index (χ2v) is 3.28. The Morgan fingerprint density at radius 1 is 1.29 bits per heavy atom. The van der Waals surface area contributed by atoms with Crippen molar-refractivity contribution >= 4 is 11.9 Å². The van der Waals surface area contributed by atoms with E-state index in [4.69, 9.17) is 5.11 Å². The summed E-state index contributed by atoms with van der Waals surface area (Å²) in [4.78, 5) is 21.2. The van der Waals surface area contributed by atoms with Gasteiger partial charge >= 0.3 is 5.97 Å². The molecule has 0 saturated heterocycles. The van der Waals surface area contributed by atoms with E-state index < -0.39 is 18.0 Å². The van der Waals surface area contributed by atoms with Crippen LogP contribution < -0.4 is 5.32 Å². The summed E-state index contributed by atoms with van der Waals surface area (Å²) in [6, 6.07) is -0.235. The Kier molecular flexibility index (Phi) is 3.64. The third kappa shape index (κ3) is 3.18. The molecule has 5 heteroatoms. The van der Waals surface area contributed by atoms with Gasteiger partial charge in [-0.3, -0.25) is 4.79 Å². The van der Waals surface area contributed by atoms with Crippen molar-refractivity contribution in [2.75, 3.05) is 0 Å². The number of aliphatic carboxylic acids is 1. The molecule has 2 atom stereocenters. The lowest BCUT2D eigenvalue weighted by molar-refractivity contribution is -0.131. The zero-order chi connectivity index (χ0) is 10.6. The summed E-state index contributed by atoms with van der Waals surface area (Å²) in [7, 11) is 0. The van der Waals surface area contributed by atoms with Crippen molar-refractivity contribution < 1.29 is 19.8 Å². The number of carboxylic acid groups (broad SMARTS) is 1. The molecule has 0 bridgehead atoms. The van der Waals surface area contributed by atoms with E-state index >= 15 is 0 Å². The van der Waals surface area contributed by atoms with Crippen molar-refractivity contribution in [3.05, 3.63) is 12.2 Å². The Morgan fingerprint density at radius 2 is 2.00 bits per heavy atom. The van der Waals surface area contributed by atoms with Crippen LogP contribution in [0.25, 0.3) is 0 Å². The van der Waals surface area contributed by atoms with Gasteiger partial charge in [-0.25, -0.2) is 4.79 Å². The lowest BCUT2D eigenvalue weighted by Gasteiger charge is -2.14. The first-order valence-corrected chi connectivity index (χ1v) is 4.49. The Labute approximate surface area is 81.4 Å². The van der Waals surface area contributed by atoms with Crippen LogP contribution in [0.1, 0.15) is 19.3 Å². The van der Waals surface area contributed by atoms with Crippen LogP contribution in [-0.2, 0) is 9.59 Å². The van der Waals surface area contributed by atoms with Crippen LogP contribution in [0.5, 0.6) is 0 Å². The zero-order valence-electron chi connectivity index (χ0n) is 7.64. The van der Waals surface area contributed by atoms with E-state index in [0.29, 0.717) is 6.42 Å². The van der Waals surface area contributed by atoms with Gasteiger partial charge in [-0.05, 0) is 19.3 Å². The van der Waals surface area contributed by atoms with Crippen molar-refractivity contribution in [1.29, 1.82) is 0 Å². The van der Waals surface area contributed by atoms with Crippen LogP contribution in [0.15, 0.2) is 12.2 Å². The monoisotopic (exact) mass is 199 g/mol. The van der Waals surface area contributed by atoms with E-state index in [1.807, 2.05) is 0 Å². The summed E-state index contributed by atoms with van der Waals surface area (Å²) in [6.07, 6.45) is 3.54. The highest BCUT2D eigenvalue weighted by molar-refractivity contribution is 5.94. The van der Waals surface area contributed by atoms with Crippen molar-refractivity contribution in [3.63, 3.8) is 0 Å². The third-order valence-corrected chi connectivity index (χ3v) is 2.18. The average molecular weight is 199 g/mol. The van der Waals surface area contributed by atoms with Gasteiger partial charge in [-0.2, -0.15) is 0 Å². The average Bonchev–Trinajstić information content (AvgIpc) is 2.49. The summed E-state index contributed by atoms with van der Waals surface area (Å²) >= 11 is 0. The van der Waals surface area contributed by atoms with Crippen LogP contribution in [0, 0.1) is 0 Å². The number of aliphatic hydroxyl groups excluding tert-OH is 1. The largest absolute Gasteiger partial charge is 0.478 e. The number of hydrogen-bond donors (Lipinski definition) is 3. The standard InChI is InChI=1S/C9H13NO4/c11-7-3-1-2-6(7)10-8(12)4-5-9(13)14/h4-7,11H,1-3H2,(H,10,12)(H,13,14)/b5-4-. The smallest absolute Gasteiger partial charge is 0.328 e. The molecule has 5 nitrogen and oxygen atoms in total. The highest BCUT2D eigenvalue weighted by atomic mass is 16.4. The van der Waals surface area contributed by atoms with Gasteiger partial charge < -0.3 is 15.5 Å². The number of hydrogen-bond acceptors (Lipinski definition) is 3. The molecule has 14 heavy (non-hydrogen) atoms. The quantitative estimate of drug-likeness (QED) is 0.542. The van der Waals surface area contributed by atoms with Gasteiger partial charge in [-0.15, -0.1) is 0 Å². The predicted molar refractivity (Wildman–Crippen MR) is 48.6 cm³/mol.